The third kappa shape index (κ3) is 5.97. The minimum atomic E-state index is -0.184. The number of carbonyl (C=O) groups excluding carboxylic acids is 1. The Morgan fingerprint density at radius 3 is 2.64 bits per heavy atom. The summed E-state index contributed by atoms with van der Waals surface area (Å²) in [4.78, 5) is 26.9. The van der Waals surface area contributed by atoms with Crippen molar-refractivity contribution in [3.8, 4) is 0 Å². The maximum atomic E-state index is 11.5. The molecule has 0 radical (unpaired) electrons. The largest absolute Gasteiger partial charge is 0.373 e. The number of rotatable bonds is 7. The molecule has 2 aromatic carbocycles. The number of carbonyl (C=O) groups is 1. The molecule has 1 saturated heterocycles. The number of hydrogen-bond acceptors (Lipinski definition) is 7. The lowest BCUT2D eigenvalue weighted by Crippen LogP contribution is -2.38. The lowest BCUT2D eigenvalue weighted by atomic mass is 10.1. The van der Waals surface area contributed by atoms with E-state index in [1.807, 2.05) is 31.2 Å². The van der Waals surface area contributed by atoms with Gasteiger partial charge in [0.2, 0.25) is 17.8 Å². The zero-order valence-electron chi connectivity index (χ0n) is 18.7. The predicted octanol–water partition coefficient (Wildman–Crippen LogP) is 4.72. The lowest BCUT2D eigenvalue weighted by Gasteiger charge is -2.32. The summed E-state index contributed by atoms with van der Waals surface area (Å²) in [6.07, 6.45) is 3.56. The zero-order valence-corrected chi connectivity index (χ0v) is 19.5. The van der Waals surface area contributed by atoms with Gasteiger partial charge in [0, 0.05) is 25.7 Å². The lowest BCUT2D eigenvalue weighted by molar-refractivity contribution is -0.114. The summed E-state index contributed by atoms with van der Waals surface area (Å²) >= 11 is 6.24. The minimum absolute atomic E-state index is 0.184. The van der Waals surface area contributed by atoms with Crippen LogP contribution in [0.4, 0.5) is 23.3 Å². The van der Waals surface area contributed by atoms with Crippen molar-refractivity contribution in [1.29, 1.82) is 0 Å². The van der Waals surface area contributed by atoms with Gasteiger partial charge in [-0.05, 0) is 43.0 Å². The van der Waals surface area contributed by atoms with Gasteiger partial charge in [0.05, 0.1) is 23.4 Å². The average molecular weight is 467 g/mol. The highest BCUT2D eigenvalue weighted by Crippen LogP contribution is 2.32. The molecule has 1 aromatic heterocycles. The Bertz CT molecular complexity index is 1100. The fraction of sp³-hybridized carbons (Fsp3) is 0.333. The number of amides is 1. The summed E-state index contributed by atoms with van der Waals surface area (Å²) in [7, 11) is 0. The molecule has 2 heterocycles. The molecule has 0 aliphatic carbocycles. The predicted molar refractivity (Wildman–Crippen MR) is 130 cm³/mol. The van der Waals surface area contributed by atoms with Gasteiger partial charge in [0.25, 0.3) is 0 Å². The van der Waals surface area contributed by atoms with Gasteiger partial charge in [0.15, 0.2) is 0 Å². The van der Waals surface area contributed by atoms with Crippen LogP contribution in [0.3, 0.4) is 0 Å². The Kier molecular flexibility index (Phi) is 7.36. The maximum Gasteiger partial charge on any atom is 0.232 e. The number of anilines is 4. The van der Waals surface area contributed by atoms with E-state index in [0.717, 1.165) is 37.2 Å². The van der Waals surface area contributed by atoms with Gasteiger partial charge in [-0.25, -0.2) is 9.97 Å². The monoisotopic (exact) mass is 466 g/mol. The molecule has 1 fully saturated rings. The average Bonchev–Trinajstić information content (AvgIpc) is 2.83. The third-order valence-corrected chi connectivity index (χ3v) is 5.89. The molecule has 1 aliphatic heterocycles. The van der Waals surface area contributed by atoms with Crippen molar-refractivity contribution in [2.75, 3.05) is 28.6 Å². The van der Waals surface area contributed by atoms with E-state index in [1.54, 1.807) is 6.07 Å². The molecule has 172 valence electrons. The van der Waals surface area contributed by atoms with Crippen molar-refractivity contribution >= 4 is 40.8 Å². The molecule has 0 bridgehead atoms. The molecule has 0 unspecified atom stereocenters. The number of nitrogens with one attached hydrogen (secondary N) is 2. The topological polar surface area (TPSA) is 92.3 Å². The second-order valence-corrected chi connectivity index (χ2v) is 8.40. The Labute approximate surface area is 198 Å². The van der Waals surface area contributed by atoms with Crippen molar-refractivity contribution < 1.29 is 9.53 Å². The summed E-state index contributed by atoms with van der Waals surface area (Å²) in [5.74, 6) is 0.875. The van der Waals surface area contributed by atoms with E-state index in [9.17, 15) is 4.79 Å². The number of aromatic nitrogens is 3. The van der Waals surface area contributed by atoms with E-state index >= 15 is 0 Å². The highest BCUT2D eigenvalue weighted by atomic mass is 35.5. The van der Waals surface area contributed by atoms with Crippen molar-refractivity contribution in [2.24, 2.45) is 0 Å². The number of ether oxygens (including phenoxy) is 1. The van der Waals surface area contributed by atoms with Crippen LogP contribution < -0.4 is 15.5 Å². The molecular weight excluding hydrogens is 440 g/mol. The first kappa shape index (κ1) is 22.9. The molecule has 0 saturated carbocycles. The van der Waals surface area contributed by atoms with E-state index in [2.05, 4.69) is 42.6 Å². The first-order chi connectivity index (χ1) is 16.0. The van der Waals surface area contributed by atoms with E-state index in [0.29, 0.717) is 29.2 Å². The summed E-state index contributed by atoms with van der Waals surface area (Å²) in [5, 5.41) is 6.46. The Morgan fingerprint density at radius 2 is 1.91 bits per heavy atom. The number of nitrogens with zero attached hydrogens (tertiary/aromatic N) is 4. The molecule has 0 atom stereocenters. The molecule has 33 heavy (non-hydrogen) atoms. The standard InChI is InChI=1S/C24H27ClN6O2/c1-16-21(9-8-20(25)22(16)28-17(2)32)29-23-26-15-27-24(30-23)31-12-10-19(11-13-31)33-14-18-6-4-3-5-7-18/h3-9,15,19H,10-14H2,1-2H3,(H,28,32)(H,26,27,29,30). The summed E-state index contributed by atoms with van der Waals surface area (Å²) < 4.78 is 6.08. The highest BCUT2D eigenvalue weighted by molar-refractivity contribution is 6.34. The molecule has 1 aliphatic rings. The van der Waals surface area contributed by atoms with Gasteiger partial charge in [-0.15, -0.1) is 0 Å². The van der Waals surface area contributed by atoms with Crippen molar-refractivity contribution in [2.45, 2.75) is 39.4 Å². The van der Waals surface area contributed by atoms with Gasteiger partial charge in [0.1, 0.15) is 6.33 Å². The fourth-order valence-electron chi connectivity index (χ4n) is 3.77. The van der Waals surface area contributed by atoms with E-state index in [-0.39, 0.29) is 12.0 Å². The number of benzene rings is 2. The van der Waals surface area contributed by atoms with Crippen LogP contribution in [0.15, 0.2) is 48.8 Å². The molecule has 2 N–H and O–H groups in total. The van der Waals surface area contributed by atoms with Gasteiger partial charge in [-0.2, -0.15) is 4.98 Å². The Hall–Kier alpha value is -3.23. The van der Waals surface area contributed by atoms with Crippen LogP contribution >= 0.6 is 11.6 Å². The molecule has 1 amide bonds. The Balaban J connectivity index is 1.37. The van der Waals surface area contributed by atoms with Crippen LogP contribution in [-0.2, 0) is 16.1 Å². The van der Waals surface area contributed by atoms with Crippen LogP contribution in [0.2, 0.25) is 5.02 Å². The van der Waals surface area contributed by atoms with Crippen LogP contribution in [-0.4, -0.2) is 40.1 Å². The highest BCUT2D eigenvalue weighted by Gasteiger charge is 2.22. The minimum Gasteiger partial charge on any atom is -0.373 e. The number of piperidine rings is 1. The number of halogens is 1. The molecular formula is C24H27ClN6O2. The van der Waals surface area contributed by atoms with Crippen LogP contribution in [0.1, 0.15) is 30.9 Å². The third-order valence-electron chi connectivity index (χ3n) is 5.57. The van der Waals surface area contributed by atoms with Gasteiger partial charge in [-0.3, -0.25) is 4.79 Å². The first-order valence-corrected chi connectivity index (χ1v) is 11.3. The van der Waals surface area contributed by atoms with E-state index < -0.39 is 0 Å². The molecule has 8 nitrogen and oxygen atoms in total. The molecule has 9 heteroatoms. The molecule has 4 rings (SSSR count). The summed E-state index contributed by atoms with van der Waals surface area (Å²) in [5.41, 5.74) is 3.32. The number of hydrogen-bond donors (Lipinski definition) is 2. The van der Waals surface area contributed by atoms with Gasteiger partial charge >= 0.3 is 0 Å². The second-order valence-electron chi connectivity index (χ2n) is 7.99. The van der Waals surface area contributed by atoms with Crippen molar-refractivity contribution in [3.05, 3.63) is 64.9 Å². The van der Waals surface area contributed by atoms with Gasteiger partial charge < -0.3 is 20.3 Å². The Morgan fingerprint density at radius 1 is 1.15 bits per heavy atom. The summed E-state index contributed by atoms with van der Waals surface area (Å²) in [6.45, 7) is 5.59. The second kappa shape index (κ2) is 10.6. The zero-order chi connectivity index (χ0) is 23.2. The smallest absolute Gasteiger partial charge is 0.232 e. The van der Waals surface area contributed by atoms with Crippen molar-refractivity contribution in [1.82, 2.24) is 15.0 Å². The molecule has 0 spiro atoms. The first-order valence-electron chi connectivity index (χ1n) is 10.9. The van der Waals surface area contributed by atoms with Crippen LogP contribution in [0, 0.1) is 6.92 Å². The summed E-state index contributed by atoms with van der Waals surface area (Å²) in [6, 6.07) is 13.8. The normalized spacial score (nSPS) is 14.2. The van der Waals surface area contributed by atoms with E-state index in [4.69, 9.17) is 16.3 Å². The van der Waals surface area contributed by atoms with Crippen molar-refractivity contribution in [3.63, 3.8) is 0 Å². The quantitative estimate of drug-likeness (QED) is 0.520. The van der Waals surface area contributed by atoms with E-state index in [1.165, 1.54) is 18.8 Å². The maximum absolute atomic E-state index is 11.5. The molecule has 3 aromatic rings. The fourth-order valence-corrected chi connectivity index (χ4v) is 4.03. The SMILES string of the molecule is CC(=O)Nc1c(Cl)ccc(Nc2ncnc(N3CCC(OCc4ccccc4)CC3)n2)c1C. The van der Waals surface area contributed by atoms with Crippen LogP contribution in [0.25, 0.3) is 0 Å². The van der Waals surface area contributed by atoms with Gasteiger partial charge in [-0.1, -0.05) is 41.9 Å². The van der Waals surface area contributed by atoms with Crippen LogP contribution in [0.5, 0.6) is 0 Å².